The predicted octanol–water partition coefficient (Wildman–Crippen LogP) is 3.35. The van der Waals surface area contributed by atoms with E-state index in [2.05, 4.69) is 62.7 Å². The topological polar surface area (TPSA) is 100.0 Å². The number of benzene rings is 2. The fraction of sp³-hybridized carbons (Fsp3) is 0.111. The fourth-order valence-corrected chi connectivity index (χ4v) is 4.01. The van der Waals surface area contributed by atoms with Gasteiger partial charge < -0.3 is 15.6 Å². The number of nitrogens with zero attached hydrogens (tertiary/aromatic N) is 3. The predicted molar refractivity (Wildman–Crippen MR) is 131 cm³/mol. The number of pyridine rings is 2. The summed E-state index contributed by atoms with van der Waals surface area (Å²) in [6.07, 6.45) is 6.80. The van der Waals surface area contributed by atoms with Crippen molar-refractivity contribution in [1.82, 2.24) is 19.9 Å². The zero-order valence-corrected chi connectivity index (χ0v) is 18.6. The third-order valence-electron chi connectivity index (χ3n) is 5.79. The van der Waals surface area contributed by atoms with E-state index in [4.69, 9.17) is 5.73 Å². The van der Waals surface area contributed by atoms with Crippen LogP contribution in [0.4, 0.5) is 0 Å². The Bertz CT molecular complexity index is 1410. The number of aromatic nitrogens is 4. The molecule has 0 aliphatic rings. The third-order valence-corrected chi connectivity index (χ3v) is 5.79. The number of amides is 1. The summed E-state index contributed by atoms with van der Waals surface area (Å²) >= 11 is 0. The normalized spacial score (nSPS) is 11.0. The first kappa shape index (κ1) is 21.5. The molecule has 0 saturated carbocycles. The lowest BCUT2D eigenvalue weighted by atomic mass is 9.96. The number of rotatable bonds is 7. The molecule has 0 aliphatic carbocycles. The van der Waals surface area contributed by atoms with Crippen LogP contribution in [0.5, 0.6) is 0 Å². The second kappa shape index (κ2) is 9.64. The Labute approximate surface area is 197 Å². The lowest BCUT2D eigenvalue weighted by Crippen LogP contribution is -2.27. The fourth-order valence-electron chi connectivity index (χ4n) is 4.01. The van der Waals surface area contributed by atoms with E-state index in [1.165, 1.54) is 0 Å². The molecular formula is C27H25N6O+. The van der Waals surface area contributed by atoms with Crippen molar-refractivity contribution in [3.8, 4) is 22.4 Å². The molecular weight excluding hydrogens is 424 g/mol. The highest BCUT2D eigenvalue weighted by Gasteiger charge is 2.19. The van der Waals surface area contributed by atoms with Gasteiger partial charge in [0.25, 0.3) is 0 Å². The molecule has 5 rings (SSSR count). The Morgan fingerprint density at radius 3 is 2.56 bits per heavy atom. The van der Waals surface area contributed by atoms with Crippen molar-refractivity contribution in [2.24, 2.45) is 5.73 Å². The van der Waals surface area contributed by atoms with E-state index in [-0.39, 0.29) is 12.5 Å². The van der Waals surface area contributed by atoms with E-state index in [9.17, 15) is 4.79 Å². The van der Waals surface area contributed by atoms with Gasteiger partial charge in [-0.25, -0.2) is 9.97 Å². The van der Waals surface area contributed by atoms with E-state index >= 15 is 0 Å². The molecule has 3 aromatic heterocycles. The van der Waals surface area contributed by atoms with Crippen molar-refractivity contribution in [3.63, 3.8) is 0 Å². The summed E-state index contributed by atoms with van der Waals surface area (Å²) in [6, 6.07) is 22.6. The molecule has 0 unspecified atom stereocenters. The molecule has 2 aromatic carbocycles. The Morgan fingerprint density at radius 2 is 1.82 bits per heavy atom. The van der Waals surface area contributed by atoms with Crippen LogP contribution in [-0.2, 0) is 24.4 Å². The summed E-state index contributed by atoms with van der Waals surface area (Å²) in [7, 11) is 0. The second-order valence-electron chi connectivity index (χ2n) is 8.06. The number of aromatic amines is 1. The van der Waals surface area contributed by atoms with Gasteiger partial charge in [-0.3, -0.25) is 9.78 Å². The quantitative estimate of drug-likeness (QED) is 0.398. The van der Waals surface area contributed by atoms with Crippen LogP contribution in [0, 0.1) is 0 Å². The van der Waals surface area contributed by atoms with E-state index < -0.39 is 0 Å². The van der Waals surface area contributed by atoms with Crippen LogP contribution in [0.15, 0.2) is 91.6 Å². The number of fused-ring (bicyclic) bond motifs is 1. The maximum atomic E-state index is 12.4. The van der Waals surface area contributed by atoms with Gasteiger partial charge in [-0.05, 0) is 29.3 Å². The molecule has 0 aliphatic heterocycles. The van der Waals surface area contributed by atoms with E-state index in [1.54, 1.807) is 29.5 Å². The van der Waals surface area contributed by atoms with Crippen LogP contribution in [0.3, 0.4) is 0 Å². The Morgan fingerprint density at radius 1 is 1.00 bits per heavy atom. The number of nitrogens with one attached hydrogen (secondary N) is 2. The number of hydrogen-bond acceptors (Lipinski definition) is 4. The van der Waals surface area contributed by atoms with Crippen molar-refractivity contribution in [1.29, 1.82) is 0 Å². The molecule has 4 N–H and O–H groups in total. The minimum Gasteiger partial charge on any atom is -0.349 e. The maximum absolute atomic E-state index is 12.4. The van der Waals surface area contributed by atoms with Gasteiger partial charge in [0.2, 0.25) is 17.1 Å². The summed E-state index contributed by atoms with van der Waals surface area (Å²) in [6.45, 7) is 1.06. The number of H-pyrrole nitrogens is 1. The highest BCUT2D eigenvalue weighted by Crippen LogP contribution is 2.32. The first-order valence-electron chi connectivity index (χ1n) is 11.1. The molecule has 7 nitrogen and oxygen atoms in total. The van der Waals surface area contributed by atoms with E-state index in [0.717, 1.165) is 44.5 Å². The molecule has 34 heavy (non-hydrogen) atoms. The zero-order chi connectivity index (χ0) is 23.3. The average molecular weight is 450 g/mol. The van der Waals surface area contributed by atoms with Gasteiger partial charge in [0, 0.05) is 36.8 Å². The number of carbonyl (C=O) groups excluding carboxylic acids is 1. The zero-order valence-electron chi connectivity index (χ0n) is 18.6. The number of carbonyl (C=O) groups is 1. The first-order chi connectivity index (χ1) is 16.7. The minimum absolute atomic E-state index is 0.0966. The summed E-state index contributed by atoms with van der Waals surface area (Å²) in [4.78, 5) is 24.6. The van der Waals surface area contributed by atoms with E-state index in [0.29, 0.717) is 13.1 Å². The average Bonchev–Trinajstić information content (AvgIpc) is 3.40. The summed E-state index contributed by atoms with van der Waals surface area (Å²) in [5.74, 6) is -0.0966. The second-order valence-corrected chi connectivity index (χ2v) is 8.06. The van der Waals surface area contributed by atoms with Crippen molar-refractivity contribution in [3.05, 3.63) is 103 Å². The van der Waals surface area contributed by atoms with Crippen LogP contribution in [0.2, 0.25) is 0 Å². The maximum Gasteiger partial charge on any atom is 0.240 e. The molecule has 7 heteroatoms. The van der Waals surface area contributed by atoms with Gasteiger partial charge in [-0.2, -0.15) is 0 Å². The number of imidazole rings is 1. The lowest BCUT2D eigenvalue weighted by Gasteiger charge is -2.10. The highest BCUT2D eigenvalue weighted by molar-refractivity contribution is 5.89. The molecule has 1 amide bonds. The smallest absolute Gasteiger partial charge is 0.240 e. The Kier molecular flexibility index (Phi) is 6.09. The SMILES string of the molecule is NCc1ccc(-c2[nH+]c3ccnc(CNC(=O)Cn4ccnc4)c3cc2-c2ccccc2)cc1. The number of hydrogen-bond donors (Lipinski definition) is 2. The summed E-state index contributed by atoms with van der Waals surface area (Å²) in [5, 5.41) is 3.94. The molecule has 0 atom stereocenters. The molecule has 3 heterocycles. The molecule has 0 spiro atoms. The number of nitrogens with two attached hydrogens (primary N) is 1. The standard InChI is InChI=1S/C27H24N6O/c28-15-19-6-8-21(9-7-19)27-22(20-4-2-1-3-5-20)14-23-24(32-27)10-11-30-25(23)16-31-26(34)17-33-13-12-29-18-33/h1-14,18H,15-17,28H2,(H,31,34)/p+1. The van der Waals surface area contributed by atoms with Gasteiger partial charge in [0.15, 0.2) is 0 Å². The molecule has 0 fully saturated rings. The van der Waals surface area contributed by atoms with Crippen LogP contribution >= 0.6 is 0 Å². The van der Waals surface area contributed by atoms with Gasteiger partial charge in [0.05, 0.1) is 29.5 Å². The van der Waals surface area contributed by atoms with Crippen LogP contribution in [0.1, 0.15) is 11.3 Å². The largest absolute Gasteiger partial charge is 0.349 e. The van der Waals surface area contributed by atoms with Crippen molar-refractivity contribution in [2.45, 2.75) is 19.6 Å². The van der Waals surface area contributed by atoms with Gasteiger partial charge >= 0.3 is 0 Å². The van der Waals surface area contributed by atoms with E-state index in [1.807, 2.05) is 24.3 Å². The van der Waals surface area contributed by atoms with Gasteiger partial charge in [-0.15, -0.1) is 0 Å². The monoisotopic (exact) mass is 449 g/mol. The van der Waals surface area contributed by atoms with Crippen LogP contribution in [0.25, 0.3) is 33.3 Å². The van der Waals surface area contributed by atoms with Crippen LogP contribution < -0.4 is 16.0 Å². The van der Waals surface area contributed by atoms with Crippen molar-refractivity contribution in [2.75, 3.05) is 0 Å². The van der Waals surface area contributed by atoms with Gasteiger partial charge in [-0.1, -0.05) is 42.5 Å². The molecule has 168 valence electrons. The first-order valence-corrected chi connectivity index (χ1v) is 11.1. The molecule has 0 bridgehead atoms. The molecule has 0 radical (unpaired) electrons. The van der Waals surface area contributed by atoms with Crippen molar-refractivity contribution < 1.29 is 9.78 Å². The Balaban J connectivity index is 1.54. The highest BCUT2D eigenvalue weighted by atomic mass is 16.1. The van der Waals surface area contributed by atoms with Crippen molar-refractivity contribution >= 4 is 16.8 Å². The lowest BCUT2D eigenvalue weighted by molar-refractivity contribution is -0.330. The van der Waals surface area contributed by atoms with Crippen LogP contribution in [-0.4, -0.2) is 20.4 Å². The molecule has 5 aromatic rings. The summed E-state index contributed by atoms with van der Waals surface area (Å²) in [5.41, 5.74) is 12.9. The Hall–Kier alpha value is -4.36. The summed E-state index contributed by atoms with van der Waals surface area (Å²) < 4.78 is 1.73. The third kappa shape index (κ3) is 4.55. The molecule has 0 saturated heterocycles. The van der Waals surface area contributed by atoms with Gasteiger partial charge in [0.1, 0.15) is 6.54 Å². The minimum atomic E-state index is -0.0966.